The number of carbonyl (C=O) groups excluding carboxylic acids is 1. The van der Waals surface area contributed by atoms with Crippen molar-refractivity contribution in [3.05, 3.63) is 21.6 Å². The molecule has 1 heterocycles. The van der Waals surface area contributed by atoms with Gasteiger partial charge in [-0.05, 0) is 54.0 Å². The first-order valence-corrected chi connectivity index (χ1v) is 7.39. The molecule has 1 aliphatic rings. The van der Waals surface area contributed by atoms with E-state index in [0.29, 0.717) is 35.4 Å². The van der Waals surface area contributed by atoms with E-state index < -0.39 is 0 Å². The van der Waals surface area contributed by atoms with Gasteiger partial charge in [-0.25, -0.2) is 0 Å². The lowest BCUT2D eigenvalue weighted by Crippen LogP contribution is -2.43. The molecule has 1 saturated heterocycles. The zero-order valence-electron chi connectivity index (χ0n) is 10.6. The fraction of sp³-hybridized carbons (Fsp3) is 0.462. The molecule has 4 nitrogen and oxygen atoms in total. The van der Waals surface area contributed by atoms with Crippen LogP contribution in [0, 0.1) is 5.92 Å². The molecule has 2 N–H and O–H groups in total. The van der Waals surface area contributed by atoms with Gasteiger partial charge >= 0.3 is 0 Å². The third-order valence-electron chi connectivity index (χ3n) is 2.91. The van der Waals surface area contributed by atoms with E-state index in [1.54, 1.807) is 12.1 Å². The molecule has 104 valence electrons. The largest absolute Gasteiger partial charge is 0.491 e. The Kier molecular flexibility index (Phi) is 5.07. The van der Waals surface area contributed by atoms with Crippen molar-refractivity contribution in [2.75, 3.05) is 25.0 Å². The third kappa shape index (κ3) is 3.84. The highest BCUT2D eigenvalue weighted by Crippen LogP contribution is 2.36. The summed E-state index contributed by atoms with van der Waals surface area (Å²) in [6.45, 7) is 4.23. The normalized spacial score (nSPS) is 14.9. The third-order valence-corrected chi connectivity index (χ3v) is 3.72. The Morgan fingerprint density at radius 2 is 2.32 bits per heavy atom. The Labute approximate surface area is 126 Å². The molecule has 1 aromatic rings. The molecule has 6 heteroatoms. The van der Waals surface area contributed by atoms with Crippen LogP contribution in [0.5, 0.6) is 5.75 Å². The summed E-state index contributed by atoms with van der Waals surface area (Å²) >= 11 is 9.40. The van der Waals surface area contributed by atoms with E-state index in [4.69, 9.17) is 16.3 Å². The van der Waals surface area contributed by atoms with Crippen LogP contribution >= 0.6 is 27.5 Å². The lowest BCUT2D eigenvalue weighted by Gasteiger charge is -2.26. The minimum Gasteiger partial charge on any atom is -0.491 e. The second-order valence-electron chi connectivity index (χ2n) is 4.47. The topological polar surface area (TPSA) is 50.4 Å². The van der Waals surface area contributed by atoms with Crippen LogP contribution in [0.1, 0.15) is 13.3 Å². The van der Waals surface area contributed by atoms with Crippen molar-refractivity contribution < 1.29 is 9.53 Å². The number of rotatable bonds is 5. The lowest BCUT2D eigenvalue weighted by atomic mass is 9.99. The van der Waals surface area contributed by atoms with Crippen molar-refractivity contribution in [3.8, 4) is 5.75 Å². The van der Waals surface area contributed by atoms with Crippen molar-refractivity contribution >= 4 is 39.1 Å². The van der Waals surface area contributed by atoms with E-state index in [1.807, 2.05) is 6.92 Å². The van der Waals surface area contributed by atoms with Crippen LogP contribution in [-0.4, -0.2) is 25.6 Å². The maximum Gasteiger partial charge on any atom is 0.224 e. The van der Waals surface area contributed by atoms with Crippen LogP contribution in [0.4, 0.5) is 5.69 Å². The molecular weight excluding hydrogens is 332 g/mol. The Balaban J connectivity index is 2.10. The summed E-state index contributed by atoms with van der Waals surface area (Å²) in [6.07, 6.45) is 0.517. The van der Waals surface area contributed by atoms with Crippen LogP contribution in [0.15, 0.2) is 16.6 Å². The van der Waals surface area contributed by atoms with Crippen LogP contribution < -0.4 is 15.4 Å². The van der Waals surface area contributed by atoms with Crippen LogP contribution in [0.2, 0.25) is 5.02 Å². The van der Waals surface area contributed by atoms with Gasteiger partial charge < -0.3 is 15.4 Å². The Bertz CT molecular complexity index is 478. The molecule has 0 saturated carbocycles. The molecule has 0 aromatic heterocycles. The van der Waals surface area contributed by atoms with Crippen molar-refractivity contribution in [1.29, 1.82) is 0 Å². The number of nitrogens with one attached hydrogen (secondary N) is 2. The highest BCUT2D eigenvalue weighted by Gasteiger charge is 2.21. The van der Waals surface area contributed by atoms with Crippen LogP contribution in [0.25, 0.3) is 0 Å². The molecular formula is C13H16BrClN2O2. The van der Waals surface area contributed by atoms with E-state index in [2.05, 4.69) is 26.6 Å². The van der Waals surface area contributed by atoms with Gasteiger partial charge in [0, 0.05) is 11.4 Å². The van der Waals surface area contributed by atoms with Crippen molar-refractivity contribution in [2.24, 2.45) is 5.92 Å². The molecule has 0 bridgehead atoms. The zero-order valence-corrected chi connectivity index (χ0v) is 13.0. The SMILES string of the molecule is CCOc1c(Br)cc(Cl)cc1NC(=O)CC1CNC1. The summed E-state index contributed by atoms with van der Waals surface area (Å²) in [4.78, 5) is 11.9. The lowest BCUT2D eigenvalue weighted by molar-refractivity contribution is -0.117. The van der Waals surface area contributed by atoms with Gasteiger partial charge in [-0.15, -0.1) is 0 Å². The van der Waals surface area contributed by atoms with E-state index in [1.165, 1.54) is 0 Å². The minimum atomic E-state index is -0.0124. The number of hydrogen-bond donors (Lipinski definition) is 2. The van der Waals surface area contributed by atoms with Gasteiger partial charge in [0.25, 0.3) is 0 Å². The predicted octanol–water partition coefficient (Wildman–Crippen LogP) is 3.05. The molecule has 1 aromatic carbocycles. The molecule has 0 radical (unpaired) electrons. The number of amides is 1. The monoisotopic (exact) mass is 346 g/mol. The molecule has 0 atom stereocenters. The van der Waals surface area contributed by atoms with Gasteiger partial charge in [-0.2, -0.15) is 0 Å². The van der Waals surface area contributed by atoms with Gasteiger partial charge in [0.05, 0.1) is 16.8 Å². The number of benzene rings is 1. The predicted molar refractivity (Wildman–Crippen MR) is 79.9 cm³/mol. The molecule has 0 spiro atoms. The summed E-state index contributed by atoms with van der Waals surface area (Å²) in [5, 5.41) is 6.57. The highest BCUT2D eigenvalue weighted by atomic mass is 79.9. The Morgan fingerprint density at radius 3 is 2.89 bits per heavy atom. The van der Waals surface area contributed by atoms with Crippen molar-refractivity contribution in [1.82, 2.24) is 5.32 Å². The molecule has 19 heavy (non-hydrogen) atoms. The Hall–Kier alpha value is -0.780. The Morgan fingerprint density at radius 1 is 1.58 bits per heavy atom. The van der Waals surface area contributed by atoms with E-state index in [-0.39, 0.29) is 5.91 Å². The smallest absolute Gasteiger partial charge is 0.224 e. The molecule has 2 rings (SSSR count). The molecule has 1 fully saturated rings. The number of ether oxygens (including phenoxy) is 1. The second kappa shape index (κ2) is 6.59. The molecule has 0 unspecified atom stereocenters. The van der Waals surface area contributed by atoms with E-state index in [9.17, 15) is 4.79 Å². The second-order valence-corrected chi connectivity index (χ2v) is 5.76. The summed E-state index contributed by atoms with van der Waals surface area (Å²) in [7, 11) is 0. The minimum absolute atomic E-state index is 0.0124. The molecule has 1 aliphatic heterocycles. The van der Waals surface area contributed by atoms with Gasteiger partial charge in [-0.1, -0.05) is 11.6 Å². The number of hydrogen-bond acceptors (Lipinski definition) is 3. The maximum absolute atomic E-state index is 11.9. The van der Waals surface area contributed by atoms with Crippen molar-refractivity contribution in [3.63, 3.8) is 0 Å². The van der Waals surface area contributed by atoms with Gasteiger partial charge in [0.2, 0.25) is 5.91 Å². The number of halogens is 2. The van der Waals surface area contributed by atoms with Crippen molar-refractivity contribution in [2.45, 2.75) is 13.3 Å². The first-order chi connectivity index (χ1) is 9.10. The molecule has 0 aliphatic carbocycles. The quantitative estimate of drug-likeness (QED) is 0.861. The van der Waals surface area contributed by atoms with Crippen LogP contribution in [0.3, 0.4) is 0 Å². The fourth-order valence-corrected chi connectivity index (χ4v) is 2.83. The van der Waals surface area contributed by atoms with Gasteiger partial charge in [0.15, 0.2) is 5.75 Å². The highest BCUT2D eigenvalue weighted by molar-refractivity contribution is 9.10. The van der Waals surface area contributed by atoms with Gasteiger partial charge in [-0.3, -0.25) is 4.79 Å². The van der Waals surface area contributed by atoms with E-state index in [0.717, 1.165) is 17.6 Å². The summed E-state index contributed by atoms with van der Waals surface area (Å²) < 4.78 is 6.27. The summed E-state index contributed by atoms with van der Waals surface area (Å²) in [6, 6.07) is 3.45. The maximum atomic E-state index is 11.9. The average Bonchev–Trinajstić information content (AvgIpc) is 2.28. The molecule has 1 amide bonds. The number of carbonyl (C=O) groups is 1. The fourth-order valence-electron chi connectivity index (χ4n) is 1.90. The first-order valence-electron chi connectivity index (χ1n) is 6.22. The summed E-state index contributed by atoms with van der Waals surface area (Å²) in [5.74, 6) is 1.03. The van der Waals surface area contributed by atoms with Crippen LogP contribution in [-0.2, 0) is 4.79 Å². The zero-order chi connectivity index (χ0) is 13.8. The number of anilines is 1. The first kappa shape index (κ1) is 14.6. The average molecular weight is 348 g/mol. The summed E-state index contributed by atoms with van der Waals surface area (Å²) in [5.41, 5.74) is 0.610. The van der Waals surface area contributed by atoms with Gasteiger partial charge in [0.1, 0.15) is 0 Å². The van der Waals surface area contributed by atoms with E-state index >= 15 is 0 Å². The standard InChI is InChI=1S/C13H16BrClN2O2/c1-2-19-13-10(14)4-9(15)5-11(13)17-12(18)3-8-6-16-7-8/h4-5,8,16H,2-3,6-7H2,1H3,(H,17,18).